The summed E-state index contributed by atoms with van der Waals surface area (Å²) in [6.45, 7) is 9.23. The van der Waals surface area contributed by atoms with Crippen LogP contribution in [0.2, 0.25) is 0 Å². The molecule has 0 unspecified atom stereocenters. The van der Waals surface area contributed by atoms with Crippen molar-refractivity contribution in [2.75, 3.05) is 13.1 Å². The van der Waals surface area contributed by atoms with Crippen LogP contribution in [0, 0.1) is 5.92 Å². The van der Waals surface area contributed by atoms with Crippen molar-refractivity contribution in [1.82, 2.24) is 4.90 Å². The van der Waals surface area contributed by atoms with E-state index in [1.807, 2.05) is 0 Å². The summed E-state index contributed by atoms with van der Waals surface area (Å²) >= 11 is 0. The van der Waals surface area contributed by atoms with Crippen LogP contribution >= 0.6 is 0 Å². The monoisotopic (exact) mass is 167 g/mol. The van der Waals surface area contributed by atoms with Gasteiger partial charge in [0.15, 0.2) is 0 Å². The van der Waals surface area contributed by atoms with E-state index in [9.17, 15) is 0 Å². The van der Waals surface area contributed by atoms with Crippen LogP contribution in [0.5, 0.6) is 0 Å². The molecule has 0 saturated carbocycles. The van der Waals surface area contributed by atoms with Crippen LogP contribution in [0.1, 0.15) is 33.6 Å². The van der Waals surface area contributed by atoms with E-state index in [-0.39, 0.29) is 0 Å². The van der Waals surface area contributed by atoms with Crippen LogP contribution in [0.4, 0.5) is 0 Å². The van der Waals surface area contributed by atoms with Gasteiger partial charge in [0.2, 0.25) is 0 Å². The maximum Gasteiger partial charge on any atom is 0.0165 e. The van der Waals surface area contributed by atoms with Gasteiger partial charge >= 0.3 is 0 Å². The summed E-state index contributed by atoms with van der Waals surface area (Å²) in [7, 11) is 0. The molecule has 0 aliphatic carbocycles. The van der Waals surface area contributed by atoms with Gasteiger partial charge in [0, 0.05) is 12.6 Å². The molecule has 1 heterocycles. The Bertz CT molecular complexity index is 151. The van der Waals surface area contributed by atoms with Gasteiger partial charge in [-0.3, -0.25) is 4.90 Å². The first-order valence-electron chi connectivity index (χ1n) is 5.09. The fourth-order valence-electron chi connectivity index (χ4n) is 1.97. The minimum absolute atomic E-state index is 0.782. The largest absolute Gasteiger partial charge is 0.297 e. The van der Waals surface area contributed by atoms with Gasteiger partial charge < -0.3 is 0 Å². The molecule has 0 amide bonds. The number of piperidine rings is 1. The molecule has 0 aromatic rings. The second-order valence-electron chi connectivity index (χ2n) is 4.04. The summed E-state index contributed by atoms with van der Waals surface area (Å²) in [6, 6.07) is 0.782. The molecule has 1 rings (SSSR count). The van der Waals surface area contributed by atoms with Gasteiger partial charge in [0.1, 0.15) is 0 Å². The molecule has 0 spiro atoms. The molecule has 1 aliphatic heterocycles. The highest BCUT2D eigenvalue weighted by molar-refractivity contribution is 4.85. The number of hydrogen-bond donors (Lipinski definition) is 0. The summed E-state index contributed by atoms with van der Waals surface area (Å²) in [5.41, 5.74) is 0. The zero-order valence-electron chi connectivity index (χ0n) is 8.59. The Hall–Kier alpha value is -0.300. The van der Waals surface area contributed by atoms with Crippen molar-refractivity contribution in [3.8, 4) is 0 Å². The van der Waals surface area contributed by atoms with E-state index in [0.29, 0.717) is 0 Å². The molecule has 1 saturated heterocycles. The zero-order valence-corrected chi connectivity index (χ0v) is 8.59. The average molecular weight is 167 g/mol. The lowest BCUT2D eigenvalue weighted by Gasteiger charge is -2.35. The summed E-state index contributed by atoms with van der Waals surface area (Å²) < 4.78 is 0. The van der Waals surface area contributed by atoms with Crippen LogP contribution in [-0.4, -0.2) is 24.0 Å². The van der Waals surface area contributed by atoms with Crippen molar-refractivity contribution in [3.05, 3.63) is 12.2 Å². The highest BCUT2D eigenvalue weighted by Crippen LogP contribution is 2.21. The summed E-state index contributed by atoms with van der Waals surface area (Å²) in [5, 5.41) is 0. The van der Waals surface area contributed by atoms with E-state index >= 15 is 0 Å². The Morgan fingerprint density at radius 1 is 1.42 bits per heavy atom. The van der Waals surface area contributed by atoms with Gasteiger partial charge in [-0.2, -0.15) is 0 Å². The van der Waals surface area contributed by atoms with Crippen LogP contribution in [0.15, 0.2) is 12.2 Å². The van der Waals surface area contributed by atoms with Crippen molar-refractivity contribution < 1.29 is 0 Å². The lowest BCUT2D eigenvalue weighted by molar-refractivity contribution is 0.144. The third-order valence-electron chi connectivity index (χ3n) is 2.85. The highest BCUT2D eigenvalue weighted by atomic mass is 15.1. The van der Waals surface area contributed by atoms with Crippen LogP contribution in [0.3, 0.4) is 0 Å². The van der Waals surface area contributed by atoms with Crippen molar-refractivity contribution in [1.29, 1.82) is 0 Å². The van der Waals surface area contributed by atoms with Gasteiger partial charge in [-0.05, 0) is 39.2 Å². The first kappa shape index (κ1) is 9.79. The van der Waals surface area contributed by atoms with Gasteiger partial charge in [-0.1, -0.05) is 19.1 Å². The highest BCUT2D eigenvalue weighted by Gasteiger charge is 2.21. The van der Waals surface area contributed by atoms with E-state index < -0.39 is 0 Å². The van der Waals surface area contributed by atoms with E-state index in [1.54, 1.807) is 0 Å². The summed E-state index contributed by atoms with van der Waals surface area (Å²) in [5.74, 6) is 0.932. The topological polar surface area (TPSA) is 3.24 Å². The Balaban J connectivity index is 2.34. The maximum atomic E-state index is 2.57. The zero-order chi connectivity index (χ0) is 8.97. The van der Waals surface area contributed by atoms with Crippen molar-refractivity contribution in [2.45, 2.75) is 39.7 Å². The fraction of sp³-hybridized carbons (Fsp3) is 0.818. The fourth-order valence-corrected chi connectivity index (χ4v) is 1.97. The summed E-state index contributed by atoms with van der Waals surface area (Å²) in [4.78, 5) is 2.57. The Morgan fingerprint density at radius 2 is 2.17 bits per heavy atom. The van der Waals surface area contributed by atoms with E-state index in [1.165, 1.54) is 19.4 Å². The predicted molar refractivity (Wildman–Crippen MR) is 54.2 cm³/mol. The molecule has 0 aromatic heterocycles. The third-order valence-corrected chi connectivity index (χ3v) is 2.85. The Labute approximate surface area is 76.5 Å². The van der Waals surface area contributed by atoms with E-state index in [0.717, 1.165) is 18.5 Å². The molecular formula is C11H21N. The molecule has 12 heavy (non-hydrogen) atoms. The molecule has 0 bridgehead atoms. The van der Waals surface area contributed by atoms with Gasteiger partial charge in [-0.15, -0.1) is 0 Å². The quantitative estimate of drug-likeness (QED) is 0.572. The smallest absolute Gasteiger partial charge is 0.0165 e. The van der Waals surface area contributed by atoms with Crippen molar-refractivity contribution >= 4 is 0 Å². The minimum Gasteiger partial charge on any atom is -0.297 e. The molecule has 1 nitrogen and oxygen atoms in total. The first-order valence-corrected chi connectivity index (χ1v) is 5.09. The molecular weight excluding hydrogens is 146 g/mol. The van der Waals surface area contributed by atoms with E-state index in [4.69, 9.17) is 0 Å². The number of allylic oxidation sites excluding steroid dienone is 1. The van der Waals surface area contributed by atoms with Crippen LogP contribution in [-0.2, 0) is 0 Å². The molecule has 0 aromatic carbocycles. The number of nitrogens with zero attached hydrogens (tertiary/aromatic N) is 1. The molecule has 1 aliphatic rings. The predicted octanol–water partition coefficient (Wildman–Crippen LogP) is 2.68. The van der Waals surface area contributed by atoms with Crippen molar-refractivity contribution in [3.63, 3.8) is 0 Å². The van der Waals surface area contributed by atoms with Crippen LogP contribution < -0.4 is 0 Å². The molecule has 1 heteroatoms. The molecule has 2 atom stereocenters. The molecule has 0 radical (unpaired) electrons. The number of hydrogen-bond acceptors (Lipinski definition) is 1. The average Bonchev–Trinajstić information content (AvgIpc) is 2.03. The number of rotatable bonds is 2. The molecule has 0 N–H and O–H groups in total. The van der Waals surface area contributed by atoms with E-state index in [2.05, 4.69) is 37.8 Å². The van der Waals surface area contributed by atoms with Crippen LogP contribution in [0.25, 0.3) is 0 Å². The van der Waals surface area contributed by atoms with Gasteiger partial charge in [0.25, 0.3) is 0 Å². The van der Waals surface area contributed by atoms with Crippen molar-refractivity contribution in [2.24, 2.45) is 5.92 Å². The van der Waals surface area contributed by atoms with Gasteiger partial charge in [-0.25, -0.2) is 0 Å². The third kappa shape index (κ3) is 2.63. The first-order chi connectivity index (χ1) is 5.74. The lowest BCUT2D eigenvalue weighted by atomic mass is 9.93. The SMILES string of the molecule is C/C=C/CN1CC[C@H](C)C[C@@H]1C. The maximum absolute atomic E-state index is 2.57. The second kappa shape index (κ2) is 4.66. The number of likely N-dealkylation sites (tertiary alicyclic amines) is 1. The van der Waals surface area contributed by atoms with Gasteiger partial charge in [0.05, 0.1) is 0 Å². The Kier molecular flexibility index (Phi) is 3.80. The normalized spacial score (nSPS) is 32.9. The standard InChI is InChI=1S/C11H21N/c1-4-5-7-12-8-6-10(2)9-11(12)3/h4-5,10-11H,6-9H2,1-3H3/b5-4+/t10-,11-/m0/s1. The summed E-state index contributed by atoms with van der Waals surface area (Å²) in [6.07, 6.45) is 7.15. The minimum atomic E-state index is 0.782. The lowest BCUT2D eigenvalue weighted by Crippen LogP contribution is -2.40. The second-order valence-corrected chi connectivity index (χ2v) is 4.04. The molecule has 70 valence electrons. The Morgan fingerprint density at radius 3 is 2.75 bits per heavy atom. The molecule has 1 fully saturated rings.